The fraction of sp³-hybridized carbons (Fsp3) is 0.364. The third-order valence-electron chi connectivity index (χ3n) is 5.97. The second kappa shape index (κ2) is 8.10. The first kappa shape index (κ1) is 20.2. The predicted octanol–water partition coefficient (Wildman–Crippen LogP) is 3.30. The van der Waals surface area contributed by atoms with Crippen LogP contribution in [-0.2, 0) is 0 Å². The molecule has 0 unspecified atom stereocenters. The molecule has 0 spiro atoms. The van der Waals surface area contributed by atoms with Crippen LogP contribution < -0.4 is 15.4 Å². The van der Waals surface area contributed by atoms with Crippen molar-refractivity contribution in [3.8, 4) is 17.0 Å². The molecule has 0 atom stereocenters. The van der Waals surface area contributed by atoms with Crippen molar-refractivity contribution < 1.29 is 13.9 Å². The lowest BCUT2D eigenvalue weighted by molar-refractivity contribution is 0.0964. The monoisotopic (exact) mass is 437 g/mol. The molecule has 1 amide bonds. The fourth-order valence-corrected chi connectivity index (χ4v) is 4.37. The SMILES string of the molecule is CNC(=O)c1cnn2ccc(-c3c(F)cn4nc(NC5CCCCC5)nc(OC)c34)cc12. The average molecular weight is 437 g/mol. The van der Waals surface area contributed by atoms with Gasteiger partial charge in [0.15, 0.2) is 5.82 Å². The molecule has 1 aliphatic rings. The van der Waals surface area contributed by atoms with Crippen molar-refractivity contribution in [3.63, 3.8) is 0 Å². The van der Waals surface area contributed by atoms with E-state index in [1.807, 2.05) is 0 Å². The first-order chi connectivity index (χ1) is 15.6. The van der Waals surface area contributed by atoms with Crippen LogP contribution in [0.2, 0.25) is 0 Å². The summed E-state index contributed by atoms with van der Waals surface area (Å²) in [4.78, 5) is 16.7. The van der Waals surface area contributed by atoms with E-state index in [-0.39, 0.29) is 11.8 Å². The fourth-order valence-electron chi connectivity index (χ4n) is 4.37. The zero-order valence-corrected chi connectivity index (χ0v) is 17.9. The molecule has 1 aliphatic carbocycles. The summed E-state index contributed by atoms with van der Waals surface area (Å²) in [5.74, 6) is -0.0375. The van der Waals surface area contributed by atoms with Crippen LogP contribution in [0.3, 0.4) is 0 Å². The number of carbonyl (C=O) groups excluding carboxylic acids is 1. The number of halogens is 1. The molecule has 10 heteroatoms. The van der Waals surface area contributed by atoms with Crippen molar-refractivity contribution in [3.05, 3.63) is 42.1 Å². The number of hydrogen-bond donors (Lipinski definition) is 2. The van der Waals surface area contributed by atoms with Gasteiger partial charge in [-0.3, -0.25) is 4.79 Å². The maximum atomic E-state index is 15.2. The van der Waals surface area contributed by atoms with E-state index in [0.29, 0.717) is 39.7 Å². The van der Waals surface area contributed by atoms with Crippen molar-refractivity contribution in [1.29, 1.82) is 0 Å². The summed E-state index contributed by atoms with van der Waals surface area (Å²) in [5, 5.41) is 14.6. The van der Waals surface area contributed by atoms with Gasteiger partial charge in [0.2, 0.25) is 11.8 Å². The predicted molar refractivity (Wildman–Crippen MR) is 118 cm³/mol. The molecule has 4 aromatic rings. The van der Waals surface area contributed by atoms with Crippen LogP contribution in [0.4, 0.5) is 10.3 Å². The van der Waals surface area contributed by atoms with Gasteiger partial charge in [-0.25, -0.2) is 13.4 Å². The highest BCUT2D eigenvalue weighted by molar-refractivity contribution is 6.01. The lowest BCUT2D eigenvalue weighted by atomic mass is 9.96. The summed E-state index contributed by atoms with van der Waals surface area (Å²) in [5.41, 5.74) is 2.26. The second-order valence-electron chi connectivity index (χ2n) is 7.95. The molecule has 2 N–H and O–H groups in total. The molecule has 4 aromatic heterocycles. The van der Waals surface area contributed by atoms with Gasteiger partial charge in [0.05, 0.1) is 36.1 Å². The summed E-state index contributed by atoms with van der Waals surface area (Å²) < 4.78 is 23.7. The van der Waals surface area contributed by atoms with Gasteiger partial charge in [0.1, 0.15) is 5.52 Å². The van der Waals surface area contributed by atoms with E-state index in [2.05, 4.69) is 25.8 Å². The summed E-state index contributed by atoms with van der Waals surface area (Å²) in [6, 6.07) is 3.77. The third-order valence-corrected chi connectivity index (χ3v) is 5.97. The Balaban J connectivity index is 1.61. The lowest BCUT2D eigenvalue weighted by Crippen LogP contribution is -2.24. The van der Waals surface area contributed by atoms with E-state index in [1.54, 1.807) is 29.9 Å². The minimum Gasteiger partial charge on any atom is -0.479 e. The summed E-state index contributed by atoms with van der Waals surface area (Å²) in [6.07, 6.45) is 10.2. The Kier molecular flexibility index (Phi) is 5.12. The van der Waals surface area contributed by atoms with Crippen molar-refractivity contribution >= 4 is 22.9 Å². The molecule has 1 saturated carbocycles. The zero-order chi connectivity index (χ0) is 22.2. The summed E-state index contributed by atoms with van der Waals surface area (Å²) in [6.45, 7) is 0. The Morgan fingerprint density at radius 1 is 1.25 bits per heavy atom. The number of nitrogens with zero attached hydrogens (tertiary/aromatic N) is 5. The highest BCUT2D eigenvalue weighted by Gasteiger charge is 2.22. The molecule has 1 fully saturated rings. The molecule has 4 heterocycles. The molecule has 0 saturated heterocycles. The largest absolute Gasteiger partial charge is 0.479 e. The Labute approximate surface area is 183 Å². The molecule has 0 aliphatic heterocycles. The van der Waals surface area contributed by atoms with Gasteiger partial charge in [-0.15, -0.1) is 5.10 Å². The first-order valence-corrected chi connectivity index (χ1v) is 10.7. The average Bonchev–Trinajstić information content (AvgIpc) is 3.38. The molecule has 5 rings (SSSR count). The van der Waals surface area contributed by atoms with Crippen LogP contribution in [0.25, 0.3) is 22.2 Å². The number of aromatic nitrogens is 5. The standard InChI is InChI=1S/C22H24FN7O2/c1-24-20(31)15-11-25-29-9-8-13(10-17(15)29)18-16(23)12-30-19(18)21(32-2)27-22(28-30)26-14-6-4-3-5-7-14/h8-12,14H,3-7H2,1-2H3,(H,24,31)(H,26,28). The number of fused-ring (bicyclic) bond motifs is 2. The van der Waals surface area contributed by atoms with E-state index in [9.17, 15) is 4.79 Å². The second-order valence-corrected chi connectivity index (χ2v) is 7.95. The highest BCUT2D eigenvalue weighted by Crippen LogP contribution is 2.35. The number of anilines is 1. The maximum Gasteiger partial charge on any atom is 0.254 e. The number of ether oxygens (including phenoxy) is 1. The van der Waals surface area contributed by atoms with Gasteiger partial charge in [0.25, 0.3) is 5.91 Å². The maximum absolute atomic E-state index is 15.2. The molecule has 0 radical (unpaired) electrons. The van der Waals surface area contributed by atoms with Gasteiger partial charge in [-0.1, -0.05) is 19.3 Å². The van der Waals surface area contributed by atoms with Gasteiger partial charge >= 0.3 is 0 Å². The minimum absolute atomic E-state index is 0.265. The molecule has 0 aromatic carbocycles. The number of nitrogens with one attached hydrogen (secondary N) is 2. The Hall–Kier alpha value is -3.69. The van der Waals surface area contributed by atoms with Gasteiger partial charge in [-0.05, 0) is 30.5 Å². The van der Waals surface area contributed by atoms with Crippen molar-refractivity contribution in [2.75, 3.05) is 19.5 Å². The quantitative estimate of drug-likeness (QED) is 0.497. The van der Waals surface area contributed by atoms with E-state index < -0.39 is 5.82 Å². The summed E-state index contributed by atoms with van der Waals surface area (Å²) in [7, 11) is 3.06. The molecule has 32 heavy (non-hydrogen) atoms. The number of pyridine rings is 1. The normalized spacial score (nSPS) is 14.7. The van der Waals surface area contributed by atoms with Crippen LogP contribution >= 0.6 is 0 Å². The molecule has 166 valence electrons. The number of carbonyl (C=O) groups is 1. The van der Waals surface area contributed by atoms with E-state index in [1.165, 1.54) is 43.3 Å². The number of hydrogen-bond acceptors (Lipinski definition) is 6. The molecular weight excluding hydrogens is 413 g/mol. The van der Waals surface area contributed by atoms with Crippen LogP contribution in [0.15, 0.2) is 30.7 Å². The first-order valence-electron chi connectivity index (χ1n) is 10.7. The third kappa shape index (κ3) is 3.41. The van der Waals surface area contributed by atoms with Crippen LogP contribution in [0, 0.1) is 5.82 Å². The molecular formula is C22H24FN7O2. The van der Waals surface area contributed by atoms with Gasteiger partial charge in [-0.2, -0.15) is 10.1 Å². The topological polar surface area (TPSA) is 97.9 Å². The Morgan fingerprint density at radius 2 is 2.06 bits per heavy atom. The van der Waals surface area contributed by atoms with Crippen LogP contribution in [0.5, 0.6) is 5.88 Å². The van der Waals surface area contributed by atoms with Gasteiger partial charge in [0, 0.05) is 19.3 Å². The molecule has 9 nitrogen and oxygen atoms in total. The summed E-state index contributed by atoms with van der Waals surface area (Å²) >= 11 is 0. The molecule has 0 bridgehead atoms. The zero-order valence-electron chi connectivity index (χ0n) is 17.9. The van der Waals surface area contributed by atoms with Crippen LogP contribution in [0.1, 0.15) is 42.5 Å². The number of amides is 1. The minimum atomic E-state index is -0.460. The highest BCUT2D eigenvalue weighted by atomic mass is 19.1. The van der Waals surface area contributed by atoms with Crippen molar-refractivity contribution in [2.24, 2.45) is 0 Å². The number of rotatable bonds is 5. The van der Waals surface area contributed by atoms with Crippen LogP contribution in [-0.4, -0.2) is 50.3 Å². The van der Waals surface area contributed by atoms with E-state index in [4.69, 9.17) is 4.74 Å². The number of methoxy groups -OCH3 is 1. The Morgan fingerprint density at radius 3 is 2.81 bits per heavy atom. The van der Waals surface area contributed by atoms with Crippen molar-refractivity contribution in [2.45, 2.75) is 38.1 Å². The smallest absolute Gasteiger partial charge is 0.254 e. The van der Waals surface area contributed by atoms with Gasteiger partial charge < -0.3 is 15.4 Å². The van der Waals surface area contributed by atoms with Crippen molar-refractivity contribution in [1.82, 2.24) is 29.5 Å². The lowest BCUT2D eigenvalue weighted by Gasteiger charge is -2.22. The van der Waals surface area contributed by atoms with E-state index >= 15 is 4.39 Å². The Bertz CT molecular complexity index is 1310. The van der Waals surface area contributed by atoms with E-state index in [0.717, 1.165) is 12.8 Å².